The maximum Gasteiger partial charge on any atom is 0.410 e. The number of methoxy groups -OCH3 is 1. The Kier molecular flexibility index (Phi) is 8.01. The zero-order valence-corrected chi connectivity index (χ0v) is 20.1. The summed E-state index contributed by atoms with van der Waals surface area (Å²) in [7, 11) is 1.28. The molecule has 0 aromatic heterocycles. The summed E-state index contributed by atoms with van der Waals surface area (Å²) >= 11 is 0. The number of rotatable bonds is 5. The first-order chi connectivity index (χ1) is 16.1. The molecule has 1 aromatic carbocycles. The van der Waals surface area contributed by atoms with Crippen molar-refractivity contribution in [2.45, 2.75) is 57.9 Å². The van der Waals surface area contributed by atoms with Gasteiger partial charge in [-0.25, -0.2) is 9.59 Å². The fraction of sp³-hybridized carbons (Fsp3) is 0.583. The molecule has 10 nitrogen and oxygen atoms in total. The Morgan fingerprint density at radius 3 is 2.44 bits per heavy atom. The van der Waals surface area contributed by atoms with Crippen LogP contribution in [0.25, 0.3) is 0 Å². The molecule has 34 heavy (non-hydrogen) atoms. The molecular formula is C24H33N3O7. The quantitative estimate of drug-likeness (QED) is 0.513. The number of alkyl carbamates (subject to hydrolysis) is 1. The lowest BCUT2D eigenvalue weighted by atomic mass is 9.91. The highest BCUT2D eigenvalue weighted by Gasteiger charge is 2.46. The summed E-state index contributed by atoms with van der Waals surface area (Å²) in [6, 6.07) is 8.08. The first-order valence-electron chi connectivity index (χ1n) is 11.4. The maximum atomic E-state index is 13.1. The molecule has 0 aliphatic carbocycles. The zero-order chi connectivity index (χ0) is 24.9. The van der Waals surface area contributed by atoms with Crippen LogP contribution < -0.4 is 5.32 Å². The molecule has 2 heterocycles. The Morgan fingerprint density at radius 1 is 1.09 bits per heavy atom. The molecule has 2 aliphatic rings. The van der Waals surface area contributed by atoms with Crippen LogP contribution in [0, 0.1) is 5.92 Å². The zero-order valence-electron chi connectivity index (χ0n) is 20.1. The lowest BCUT2D eigenvalue weighted by molar-refractivity contribution is -0.152. The first kappa shape index (κ1) is 25.3. The molecule has 0 radical (unpaired) electrons. The largest absolute Gasteiger partial charge is 0.469 e. The van der Waals surface area contributed by atoms with E-state index in [0.29, 0.717) is 25.9 Å². The summed E-state index contributed by atoms with van der Waals surface area (Å²) in [5.41, 5.74) is 0.183. The van der Waals surface area contributed by atoms with Gasteiger partial charge in [0.25, 0.3) is 0 Å². The molecule has 0 bridgehead atoms. The Morgan fingerprint density at radius 2 is 1.79 bits per heavy atom. The number of amides is 3. The number of nitrogens with zero attached hydrogens (tertiary/aromatic N) is 2. The van der Waals surface area contributed by atoms with E-state index in [0.717, 1.165) is 5.56 Å². The molecule has 0 spiro atoms. The molecule has 186 valence electrons. The number of ether oxygens (including phenoxy) is 3. The third-order valence-corrected chi connectivity index (χ3v) is 5.88. The fourth-order valence-corrected chi connectivity index (χ4v) is 4.26. The van der Waals surface area contributed by atoms with Gasteiger partial charge in [-0.1, -0.05) is 30.3 Å². The number of piperidine rings is 1. The van der Waals surface area contributed by atoms with Crippen molar-refractivity contribution in [3.8, 4) is 0 Å². The first-order valence-corrected chi connectivity index (χ1v) is 11.4. The SMILES string of the molecule is COC(=O)[C@@H]1CN(C(=O)OC(C)(C)C)CC[C@@H]1N1CC[C@H](NC(=O)OCc2ccccc2)C1=O. The Bertz CT molecular complexity index is 900. The van der Waals surface area contributed by atoms with Crippen LogP contribution in [0.4, 0.5) is 9.59 Å². The van der Waals surface area contributed by atoms with Gasteiger partial charge in [-0.2, -0.15) is 0 Å². The van der Waals surface area contributed by atoms with Gasteiger partial charge in [0.05, 0.1) is 13.0 Å². The lowest BCUT2D eigenvalue weighted by Crippen LogP contribution is -2.57. The van der Waals surface area contributed by atoms with Gasteiger partial charge in [0.1, 0.15) is 18.2 Å². The highest BCUT2D eigenvalue weighted by atomic mass is 16.6. The Labute approximate surface area is 199 Å². The fourth-order valence-electron chi connectivity index (χ4n) is 4.26. The van der Waals surface area contributed by atoms with Gasteiger partial charge >= 0.3 is 18.2 Å². The van der Waals surface area contributed by atoms with Gasteiger partial charge in [-0.05, 0) is 39.2 Å². The summed E-state index contributed by atoms with van der Waals surface area (Å²) in [6.07, 6.45) is -0.378. The molecule has 3 amide bonds. The topological polar surface area (TPSA) is 114 Å². The number of likely N-dealkylation sites (tertiary alicyclic amines) is 2. The monoisotopic (exact) mass is 475 g/mol. The Hall–Kier alpha value is -3.30. The van der Waals surface area contributed by atoms with Crippen molar-refractivity contribution in [1.29, 1.82) is 0 Å². The lowest BCUT2D eigenvalue weighted by Gasteiger charge is -2.41. The van der Waals surface area contributed by atoms with E-state index in [1.165, 1.54) is 12.0 Å². The molecule has 0 saturated carbocycles. The second kappa shape index (κ2) is 10.8. The summed E-state index contributed by atoms with van der Waals surface area (Å²) in [6.45, 7) is 6.24. The van der Waals surface area contributed by atoms with Crippen LogP contribution in [0.3, 0.4) is 0 Å². The normalized spacial score (nSPS) is 22.8. The Balaban J connectivity index is 1.59. The molecule has 2 aliphatic heterocycles. The maximum absolute atomic E-state index is 13.1. The number of hydrogen-bond donors (Lipinski definition) is 1. The highest BCUT2D eigenvalue weighted by molar-refractivity contribution is 5.88. The van der Waals surface area contributed by atoms with E-state index in [4.69, 9.17) is 14.2 Å². The van der Waals surface area contributed by atoms with Crippen LogP contribution in [0.5, 0.6) is 0 Å². The summed E-state index contributed by atoms with van der Waals surface area (Å²) < 4.78 is 15.6. The van der Waals surface area contributed by atoms with Gasteiger partial charge in [0, 0.05) is 25.7 Å². The second-order valence-electron chi connectivity index (χ2n) is 9.49. The van der Waals surface area contributed by atoms with E-state index in [2.05, 4.69) is 5.32 Å². The molecule has 3 rings (SSSR count). The summed E-state index contributed by atoms with van der Waals surface area (Å²) in [4.78, 5) is 53.4. The number of benzene rings is 1. The van der Waals surface area contributed by atoms with Crippen molar-refractivity contribution >= 4 is 24.1 Å². The van der Waals surface area contributed by atoms with Crippen molar-refractivity contribution in [3.05, 3.63) is 35.9 Å². The van der Waals surface area contributed by atoms with Gasteiger partial charge < -0.3 is 29.3 Å². The van der Waals surface area contributed by atoms with Crippen molar-refractivity contribution in [2.75, 3.05) is 26.7 Å². The average molecular weight is 476 g/mol. The van der Waals surface area contributed by atoms with Crippen molar-refractivity contribution in [3.63, 3.8) is 0 Å². The molecule has 3 atom stereocenters. The van der Waals surface area contributed by atoms with Gasteiger partial charge in [-0.15, -0.1) is 0 Å². The minimum absolute atomic E-state index is 0.0905. The van der Waals surface area contributed by atoms with Crippen LogP contribution in [0.15, 0.2) is 30.3 Å². The number of hydrogen-bond acceptors (Lipinski definition) is 7. The van der Waals surface area contributed by atoms with Gasteiger partial charge in [-0.3, -0.25) is 9.59 Å². The smallest absolute Gasteiger partial charge is 0.410 e. The van der Waals surface area contributed by atoms with Crippen LogP contribution in [0.2, 0.25) is 0 Å². The number of esters is 1. The molecule has 2 fully saturated rings. The predicted molar refractivity (Wildman–Crippen MR) is 122 cm³/mol. The van der Waals surface area contributed by atoms with Crippen molar-refractivity contribution in [2.24, 2.45) is 5.92 Å². The standard InChI is InChI=1S/C24H33N3O7/c1-24(2,3)34-23(31)26-12-11-19(17(14-26)21(29)32-4)27-13-10-18(20(27)28)25-22(30)33-15-16-8-6-5-7-9-16/h5-9,17-19H,10-15H2,1-4H3,(H,25,30)/t17-,18+,19+/m1/s1. The molecular weight excluding hydrogens is 442 g/mol. The van der Waals surface area contributed by atoms with E-state index in [1.54, 1.807) is 25.7 Å². The molecule has 1 aromatic rings. The summed E-state index contributed by atoms with van der Waals surface area (Å²) in [5.74, 6) is -1.48. The number of carbonyl (C=O) groups is 4. The van der Waals surface area contributed by atoms with Crippen LogP contribution in [-0.4, -0.2) is 78.3 Å². The average Bonchev–Trinajstić information content (AvgIpc) is 3.16. The van der Waals surface area contributed by atoms with Crippen LogP contribution in [-0.2, 0) is 30.4 Å². The van der Waals surface area contributed by atoms with Crippen molar-refractivity contribution in [1.82, 2.24) is 15.1 Å². The van der Waals surface area contributed by atoms with Crippen LogP contribution >= 0.6 is 0 Å². The third-order valence-electron chi connectivity index (χ3n) is 5.88. The van der Waals surface area contributed by atoms with Gasteiger partial charge in [0.15, 0.2) is 0 Å². The number of nitrogens with one attached hydrogen (secondary N) is 1. The van der Waals surface area contributed by atoms with Crippen molar-refractivity contribution < 1.29 is 33.4 Å². The molecule has 1 N–H and O–H groups in total. The highest BCUT2D eigenvalue weighted by Crippen LogP contribution is 2.28. The minimum Gasteiger partial charge on any atom is -0.469 e. The van der Waals surface area contributed by atoms with E-state index >= 15 is 0 Å². The molecule has 10 heteroatoms. The second-order valence-corrected chi connectivity index (χ2v) is 9.49. The van der Waals surface area contributed by atoms with Gasteiger partial charge in [0.2, 0.25) is 5.91 Å². The van der Waals surface area contributed by atoms with Crippen LogP contribution in [0.1, 0.15) is 39.2 Å². The predicted octanol–water partition coefficient (Wildman–Crippen LogP) is 2.31. The summed E-state index contributed by atoms with van der Waals surface area (Å²) in [5, 5.41) is 2.63. The van der Waals surface area contributed by atoms with E-state index in [9.17, 15) is 19.2 Å². The number of carbonyl (C=O) groups excluding carboxylic acids is 4. The van der Waals surface area contributed by atoms with E-state index < -0.39 is 41.8 Å². The molecule has 2 saturated heterocycles. The minimum atomic E-state index is -0.731. The van der Waals surface area contributed by atoms with E-state index in [1.807, 2.05) is 30.3 Å². The van der Waals surface area contributed by atoms with E-state index in [-0.39, 0.29) is 19.1 Å². The third kappa shape index (κ3) is 6.39. The molecule has 0 unspecified atom stereocenters.